The molecule has 0 aromatic carbocycles. The molecule has 1 unspecified atom stereocenters. The lowest BCUT2D eigenvalue weighted by Gasteiger charge is -2.47. The zero-order valence-electron chi connectivity index (χ0n) is 10.1. The van der Waals surface area contributed by atoms with Gasteiger partial charge in [-0.25, -0.2) is 0 Å². The van der Waals surface area contributed by atoms with Crippen LogP contribution in [0.25, 0.3) is 0 Å². The largest absolute Gasteiger partial charge is 0.379 e. The SMILES string of the molecule is CCC(CNC)C1(c2cccnc2)COC1. The summed E-state index contributed by atoms with van der Waals surface area (Å²) >= 11 is 0. The smallest absolute Gasteiger partial charge is 0.0589 e. The Morgan fingerprint density at radius 3 is 2.81 bits per heavy atom. The molecule has 3 heteroatoms. The van der Waals surface area contributed by atoms with Crippen LogP contribution in [0.4, 0.5) is 0 Å². The maximum Gasteiger partial charge on any atom is 0.0589 e. The van der Waals surface area contributed by atoms with Crippen molar-refractivity contribution in [2.75, 3.05) is 26.8 Å². The third kappa shape index (κ3) is 1.85. The lowest BCUT2D eigenvalue weighted by Crippen LogP contribution is -2.54. The molecule has 1 N–H and O–H groups in total. The van der Waals surface area contributed by atoms with Gasteiger partial charge in [0, 0.05) is 17.8 Å². The molecule has 1 atom stereocenters. The van der Waals surface area contributed by atoms with E-state index in [2.05, 4.69) is 23.3 Å². The maximum atomic E-state index is 5.47. The standard InChI is InChI=1S/C13H20N2O/c1-3-11(7-14-2)13(9-16-10-13)12-5-4-6-15-8-12/h4-6,8,11,14H,3,7,9-10H2,1-2H3. The van der Waals surface area contributed by atoms with Crippen molar-refractivity contribution >= 4 is 0 Å². The van der Waals surface area contributed by atoms with Crippen molar-refractivity contribution < 1.29 is 4.74 Å². The van der Waals surface area contributed by atoms with Crippen LogP contribution in [0.5, 0.6) is 0 Å². The number of nitrogens with one attached hydrogen (secondary N) is 1. The molecule has 1 fully saturated rings. The number of rotatable bonds is 5. The number of hydrogen-bond acceptors (Lipinski definition) is 3. The number of ether oxygens (including phenoxy) is 1. The Morgan fingerprint density at radius 2 is 2.38 bits per heavy atom. The fraction of sp³-hybridized carbons (Fsp3) is 0.615. The van der Waals surface area contributed by atoms with E-state index in [0.29, 0.717) is 5.92 Å². The second-order valence-electron chi connectivity index (χ2n) is 4.55. The van der Waals surface area contributed by atoms with Crippen LogP contribution in [0.3, 0.4) is 0 Å². The second-order valence-corrected chi connectivity index (χ2v) is 4.55. The monoisotopic (exact) mass is 220 g/mol. The summed E-state index contributed by atoms with van der Waals surface area (Å²) in [5.74, 6) is 0.621. The predicted octanol–water partition coefficient (Wildman–Crippen LogP) is 1.60. The minimum atomic E-state index is 0.187. The van der Waals surface area contributed by atoms with E-state index in [1.807, 2.05) is 25.5 Å². The first kappa shape index (κ1) is 11.6. The van der Waals surface area contributed by atoms with Crippen molar-refractivity contribution in [2.24, 2.45) is 5.92 Å². The summed E-state index contributed by atoms with van der Waals surface area (Å²) in [7, 11) is 2.01. The van der Waals surface area contributed by atoms with Gasteiger partial charge in [0.25, 0.3) is 0 Å². The Balaban J connectivity index is 2.25. The number of pyridine rings is 1. The molecule has 0 amide bonds. The molecule has 88 valence electrons. The van der Waals surface area contributed by atoms with Crippen molar-refractivity contribution in [1.29, 1.82) is 0 Å². The first-order valence-electron chi connectivity index (χ1n) is 5.96. The Hall–Kier alpha value is -0.930. The second kappa shape index (κ2) is 4.93. The van der Waals surface area contributed by atoms with Gasteiger partial charge in [-0.2, -0.15) is 0 Å². The molecule has 1 aliphatic rings. The highest BCUT2D eigenvalue weighted by atomic mass is 16.5. The highest BCUT2D eigenvalue weighted by Crippen LogP contribution is 2.40. The quantitative estimate of drug-likeness (QED) is 0.818. The van der Waals surface area contributed by atoms with Gasteiger partial charge in [-0.15, -0.1) is 0 Å². The van der Waals surface area contributed by atoms with Gasteiger partial charge >= 0.3 is 0 Å². The molecular weight excluding hydrogens is 200 g/mol. The van der Waals surface area contributed by atoms with E-state index in [0.717, 1.165) is 19.8 Å². The number of nitrogens with zero attached hydrogens (tertiary/aromatic N) is 1. The summed E-state index contributed by atoms with van der Waals surface area (Å²) in [6.07, 6.45) is 4.98. The van der Waals surface area contributed by atoms with Crippen molar-refractivity contribution in [3.05, 3.63) is 30.1 Å². The molecule has 0 bridgehead atoms. The highest BCUT2D eigenvalue weighted by Gasteiger charge is 2.45. The minimum Gasteiger partial charge on any atom is -0.379 e. The van der Waals surface area contributed by atoms with E-state index >= 15 is 0 Å². The van der Waals surface area contributed by atoms with E-state index in [9.17, 15) is 0 Å². The van der Waals surface area contributed by atoms with E-state index in [-0.39, 0.29) is 5.41 Å². The zero-order chi connectivity index (χ0) is 11.4. The molecule has 0 aliphatic carbocycles. The van der Waals surface area contributed by atoms with E-state index in [1.165, 1.54) is 12.0 Å². The van der Waals surface area contributed by atoms with E-state index in [1.54, 1.807) is 0 Å². The summed E-state index contributed by atoms with van der Waals surface area (Å²) in [6.45, 7) is 4.95. The predicted molar refractivity (Wildman–Crippen MR) is 64.4 cm³/mol. The molecule has 1 aromatic heterocycles. The lowest BCUT2D eigenvalue weighted by molar-refractivity contribution is -0.0911. The summed E-state index contributed by atoms with van der Waals surface area (Å²) in [5.41, 5.74) is 1.51. The topological polar surface area (TPSA) is 34.2 Å². The molecule has 3 nitrogen and oxygen atoms in total. The molecule has 1 saturated heterocycles. The zero-order valence-corrected chi connectivity index (χ0v) is 10.1. The molecule has 0 spiro atoms. The molecule has 1 aromatic rings. The summed E-state index contributed by atoms with van der Waals surface area (Å²) in [4.78, 5) is 4.23. The summed E-state index contributed by atoms with van der Waals surface area (Å²) < 4.78 is 5.47. The first-order chi connectivity index (χ1) is 7.83. The van der Waals surface area contributed by atoms with Crippen LogP contribution in [0.15, 0.2) is 24.5 Å². The van der Waals surface area contributed by atoms with Crippen molar-refractivity contribution in [3.63, 3.8) is 0 Å². The van der Waals surface area contributed by atoms with Crippen LogP contribution in [-0.2, 0) is 10.2 Å². The average molecular weight is 220 g/mol. The van der Waals surface area contributed by atoms with Crippen LogP contribution >= 0.6 is 0 Å². The Bertz CT molecular complexity index is 322. The average Bonchev–Trinajstić information content (AvgIpc) is 2.28. The minimum absolute atomic E-state index is 0.187. The maximum absolute atomic E-state index is 5.47. The fourth-order valence-corrected chi connectivity index (χ4v) is 2.59. The van der Waals surface area contributed by atoms with Crippen LogP contribution in [0.1, 0.15) is 18.9 Å². The van der Waals surface area contributed by atoms with Gasteiger partial charge in [0.2, 0.25) is 0 Å². The number of hydrogen-bond donors (Lipinski definition) is 1. The highest BCUT2D eigenvalue weighted by molar-refractivity contribution is 5.26. The number of aromatic nitrogens is 1. The molecule has 16 heavy (non-hydrogen) atoms. The first-order valence-corrected chi connectivity index (χ1v) is 5.96. The third-order valence-corrected chi connectivity index (χ3v) is 3.68. The van der Waals surface area contributed by atoms with Gasteiger partial charge in [0.15, 0.2) is 0 Å². The Labute approximate surface area is 97.2 Å². The third-order valence-electron chi connectivity index (χ3n) is 3.68. The molecular formula is C13H20N2O. The van der Waals surface area contributed by atoms with E-state index < -0.39 is 0 Å². The lowest BCUT2D eigenvalue weighted by atomic mass is 9.68. The van der Waals surface area contributed by atoms with Gasteiger partial charge in [-0.05, 0) is 31.1 Å². The van der Waals surface area contributed by atoms with Crippen molar-refractivity contribution in [3.8, 4) is 0 Å². The van der Waals surface area contributed by atoms with Gasteiger partial charge in [-0.3, -0.25) is 4.98 Å². The van der Waals surface area contributed by atoms with Gasteiger partial charge in [0.05, 0.1) is 13.2 Å². The molecule has 0 radical (unpaired) electrons. The van der Waals surface area contributed by atoms with Gasteiger partial charge < -0.3 is 10.1 Å². The van der Waals surface area contributed by atoms with Crippen LogP contribution in [0, 0.1) is 5.92 Å². The molecule has 0 saturated carbocycles. The van der Waals surface area contributed by atoms with Crippen LogP contribution in [0.2, 0.25) is 0 Å². The summed E-state index contributed by atoms with van der Waals surface area (Å²) in [6, 6.07) is 4.19. The van der Waals surface area contributed by atoms with Crippen molar-refractivity contribution in [1.82, 2.24) is 10.3 Å². The van der Waals surface area contributed by atoms with Gasteiger partial charge in [0.1, 0.15) is 0 Å². The molecule has 2 rings (SSSR count). The van der Waals surface area contributed by atoms with Crippen molar-refractivity contribution in [2.45, 2.75) is 18.8 Å². The fourth-order valence-electron chi connectivity index (χ4n) is 2.59. The summed E-state index contributed by atoms with van der Waals surface area (Å²) in [5, 5.41) is 3.29. The Kier molecular flexibility index (Phi) is 3.56. The molecule has 2 heterocycles. The molecule has 1 aliphatic heterocycles. The normalized spacial score (nSPS) is 20.1. The Morgan fingerprint density at radius 1 is 1.56 bits per heavy atom. The van der Waals surface area contributed by atoms with Crippen LogP contribution in [-0.4, -0.2) is 31.8 Å². The van der Waals surface area contributed by atoms with Gasteiger partial charge in [-0.1, -0.05) is 19.4 Å². The van der Waals surface area contributed by atoms with Crippen LogP contribution < -0.4 is 5.32 Å². The van der Waals surface area contributed by atoms with E-state index in [4.69, 9.17) is 4.74 Å².